The van der Waals surface area contributed by atoms with Crippen molar-refractivity contribution in [3.63, 3.8) is 0 Å². The van der Waals surface area contributed by atoms with Gasteiger partial charge in [0.1, 0.15) is 17.7 Å². The summed E-state index contributed by atoms with van der Waals surface area (Å²) in [6.45, 7) is 0. The summed E-state index contributed by atoms with van der Waals surface area (Å²) >= 11 is 5.71. The first kappa shape index (κ1) is 19.7. The Bertz CT molecular complexity index is 1020. The van der Waals surface area contributed by atoms with Gasteiger partial charge in [0.05, 0.1) is 4.92 Å². The molecule has 2 heterocycles. The van der Waals surface area contributed by atoms with Crippen molar-refractivity contribution in [2.75, 3.05) is 0 Å². The molecule has 0 aliphatic heterocycles. The van der Waals surface area contributed by atoms with Crippen LogP contribution in [0.1, 0.15) is 17.0 Å². The van der Waals surface area contributed by atoms with Crippen LogP contribution in [0, 0.1) is 10.1 Å². The summed E-state index contributed by atoms with van der Waals surface area (Å²) in [7, 11) is 1.49. The largest absolute Gasteiger partial charge is 0.434 e. The zero-order valence-electron chi connectivity index (χ0n) is 14.4. The third-order valence-corrected chi connectivity index (χ3v) is 4.22. The van der Waals surface area contributed by atoms with E-state index in [2.05, 4.69) is 15.0 Å². The number of benzene rings is 1. The van der Waals surface area contributed by atoms with E-state index in [4.69, 9.17) is 11.6 Å². The molecule has 2 aromatic heterocycles. The van der Waals surface area contributed by atoms with E-state index in [1.54, 1.807) is 24.3 Å². The molecule has 1 aromatic carbocycles. The van der Waals surface area contributed by atoms with Gasteiger partial charge in [0.15, 0.2) is 5.69 Å². The molecule has 0 saturated carbocycles. The third kappa shape index (κ3) is 4.28. The lowest BCUT2D eigenvalue weighted by Gasteiger charge is -2.05. The van der Waals surface area contributed by atoms with Crippen LogP contribution in [0.3, 0.4) is 0 Å². The van der Waals surface area contributed by atoms with E-state index in [1.165, 1.54) is 11.6 Å². The van der Waals surface area contributed by atoms with E-state index in [-0.39, 0.29) is 28.9 Å². The van der Waals surface area contributed by atoms with Crippen molar-refractivity contribution in [1.82, 2.24) is 19.5 Å². The molecule has 11 heteroatoms. The van der Waals surface area contributed by atoms with Crippen molar-refractivity contribution in [2.45, 2.75) is 19.0 Å². The van der Waals surface area contributed by atoms with Gasteiger partial charge in [-0.3, -0.25) is 10.1 Å². The molecule has 0 fully saturated rings. The summed E-state index contributed by atoms with van der Waals surface area (Å²) in [4.78, 5) is 21.6. The molecule has 7 nitrogen and oxygen atoms in total. The van der Waals surface area contributed by atoms with Gasteiger partial charge in [0.25, 0.3) is 0 Å². The fourth-order valence-corrected chi connectivity index (χ4v) is 2.83. The highest BCUT2D eigenvalue weighted by atomic mass is 35.5. The molecule has 3 rings (SSSR count). The summed E-state index contributed by atoms with van der Waals surface area (Å²) in [5.74, 6) is 0.192. The molecule has 0 spiro atoms. The SMILES string of the molecule is Cn1cc(C(F)(F)F)nc1-c1ccc(CCc2nc(Cl)ncc2[N+](=O)[O-])cc1. The highest BCUT2D eigenvalue weighted by molar-refractivity contribution is 6.28. The van der Waals surface area contributed by atoms with Gasteiger partial charge >= 0.3 is 11.9 Å². The van der Waals surface area contributed by atoms with Crippen molar-refractivity contribution in [3.05, 3.63) is 69.0 Å². The standard InChI is InChI=1S/C17H13ClF3N5O2/c1-25-9-14(17(19,20)21)24-15(25)11-5-2-10(3-6-11)4-7-12-13(26(27)28)8-22-16(18)23-12/h2-3,5-6,8-9H,4,7H2,1H3. The lowest BCUT2D eigenvalue weighted by Crippen LogP contribution is -2.04. The maximum absolute atomic E-state index is 12.8. The topological polar surface area (TPSA) is 86.7 Å². The summed E-state index contributed by atoms with van der Waals surface area (Å²) in [5.41, 5.74) is 0.402. The molecule has 0 N–H and O–H groups in total. The van der Waals surface area contributed by atoms with Crippen molar-refractivity contribution >= 4 is 17.3 Å². The predicted molar refractivity (Wildman–Crippen MR) is 94.8 cm³/mol. The van der Waals surface area contributed by atoms with Crippen LogP contribution in [0.2, 0.25) is 5.28 Å². The van der Waals surface area contributed by atoms with Crippen molar-refractivity contribution in [3.8, 4) is 11.4 Å². The van der Waals surface area contributed by atoms with E-state index in [0.29, 0.717) is 12.0 Å². The lowest BCUT2D eigenvalue weighted by atomic mass is 10.1. The Labute approximate surface area is 162 Å². The monoisotopic (exact) mass is 411 g/mol. The molecule has 0 radical (unpaired) electrons. The molecule has 0 aliphatic rings. The van der Waals surface area contributed by atoms with Gasteiger partial charge in [0, 0.05) is 25.2 Å². The van der Waals surface area contributed by atoms with E-state index in [9.17, 15) is 23.3 Å². The lowest BCUT2D eigenvalue weighted by molar-refractivity contribution is -0.386. The Hall–Kier alpha value is -3.01. The Morgan fingerprint density at radius 2 is 1.86 bits per heavy atom. The maximum Gasteiger partial charge on any atom is 0.434 e. The number of alkyl halides is 3. The van der Waals surface area contributed by atoms with Gasteiger partial charge < -0.3 is 4.57 Å². The predicted octanol–water partition coefficient (Wildman–Crippen LogP) is 4.24. The van der Waals surface area contributed by atoms with Crippen LogP contribution in [0.25, 0.3) is 11.4 Å². The van der Waals surface area contributed by atoms with E-state index >= 15 is 0 Å². The zero-order valence-corrected chi connectivity index (χ0v) is 15.2. The number of imidazole rings is 1. The molecule has 0 unspecified atom stereocenters. The molecule has 3 aromatic rings. The number of rotatable bonds is 5. The van der Waals surface area contributed by atoms with Crippen LogP contribution in [0.15, 0.2) is 36.7 Å². The van der Waals surface area contributed by atoms with Crippen LogP contribution in [0.4, 0.5) is 18.9 Å². The summed E-state index contributed by atoms with van der Waals surface area (Å²) in [6.07, 6.45) is -1.82. The van der Waals surface area contributed by atoms with Crippen LogP contribution in [0.5, 0.6) is 0 Å². The van der Waals surface area contributed by atoms with E-state index in [1.807, 2.05) is 0 Å². The molecule has 0 aliphatic carbocycles. The van der Waals surface area contributed by atoms with Gasteiger partial charge in [-0.1, -0.05) is 24.3 Å². The van der Waals surface area contributed by atoms with Crippen molar-refractivity contribution in [1.29, 1.82) is 0 Å². The second kappa shape index (κ2) is 7.55. The average molecular weight is 412 g/mol. The molecular formula is C17H13ClF3N5O2. The number of nitro groups is 1. The van der Waals surface area contributed by atoms with Crippen LogP contribution in [-0.4, -0.2) is 24.4 Å². The van der Waals surface area contributed by atoms with E-state index < -0.39 is 16.8 Å². The number of hydrogen-bond donors (Lipinski definition) is 0. The second-order valence-electron chi connectivity index (χ2n) is 5.98. The quantitative estimate of drug-likeness (QED) is 0.356. The Kier molecular flexibility index (Phi) is 5.32. The van der Waals surface area contributed by atoms with Crippen LogP contribution >= 0.6 is 11.6 Å². The fraction of sp³-hybridized carbons (Fsp3) is 0.235. The highest BCUT2D eigenvalue weighted by Crippen LogP contribution is 2.30. The zero-order chi connectivity index (χ0) is 20.5. The van der Waals surface area contributed by atoms with Gasteiger partial charge in [-0.15, -0.1) is 0 Å². The third-order valence-electron chi connectivity index (χ3n) is 4.04. The summed E-state index contributed by atoms with van der Waals surface area (Å²) in [6, 6.07) is 6.76. The molecule has 0 saturated heterocycles. The number of halogens is 4. The molecule has 0 amide bonds. The van der Waals surface area contributed by atoms with Crippen molar-refractivity contribution < 1.29 is 18.1 Å². The first-order chi connectivity index (χ1) is 13.1. The fourth-order valence-electron chi connectivity index (χ4n) is 2.68. The first-order valence-corrected chi connectivity index (χ1v) is 8.38. The summed E-state index contributed by atoms with van der Waals surface area (Å²) < 4.78 is 39.7. The normalized spacial score (nSPS) is 11.6. The smallest absolute Gasteiger partial charge is 0.333 e. The first-order valence-electron chi connectivity index (χ1n) is 8.01. The number of aromatic nitrogens is 4. The molecule has 0 atom stereocenters. The minimum Gasteiger partial charge on any atom is -0.333 e. The van der Waals surface area contributed by atoms with Crippen molar-refractivity contribution in [2.24, 2.45) is 7.05 Å². The van der Waals surface area contributed by atoms with Crippen LogP contribution < -0.4 is 0 Å². The van der Waals surface area contributed by atoms with Gasteiger partial charge in [-0.05, 0) is 23.6 Å². The van der Waals surface area contributed by atoms with E-state index in [0.717, 1.165) is 18.0 Å². The minimum absolute atomic E-state index is 0.0776. The molecule has 28 heavy (non-hydrogen) atoms. The molecule has 146 valence electrons. The van der Waals surface area contributed by atoms with Gasteiger partial charge in [-0.2, -0.15) is 13.2 Å². The number of aryl methyl sites for hydroxylation is 3. The second-order valence-corrected chi connectivity index (χ2v) is 6.32. The highest BCUT2D eigenvalue weighted by Gasteiger charge is 2.34. The maximum atomic E-state index is 12.8. The number of hydrogen-bond acceptors (Lipinski definition) is 5. The summed E-state index contributed by atoms with van der Waals surface area (Å²) in [5, 5.41) is 11.0. The Morgan fingerprint density at radius 1 is 1.18 bits per heavy atom. The molecular weight excluding hydrogens is 399 g/mol. The van der Waals surface area contributed by atoms with Gasteiger partial charge in [-0.25, -0.2) is 15.0 Å². The Balaban J connectivity index is 1.77. The Morgan fingerprint density at radius 3 is 2.43 bits per heavy atom. The average Bonchev–Trinajstić information content (AvgIpc) is 3.02. The molecule has 0 bridgehead atoms. The van der Waals surface area contributed by atoms with Crippen LogP contribution in [-0.2, 0) is 26.1 Å². The van der Waals surface area contributed by atoms with Gasteiger partial charge in [0.2, 0.25) is 5.28 Å². The minimum atomic E-state index is -4.51. The number of nitrogens with zero attached hydrogens (tertiary/aromatic N) is 5.